The third-order valence-electron chi connectivity index (χ3n) is 9.45. The zero-order valence-corrected chi connectivity index (χ0v) is 31.1. The third kappa shape index (κ3) is 9.94. The summed E-state index contributed by atoms with van der Waals surface area (Å²) in [5, 5.41) is 19.5. The summed E-state index contributed by atoms with van der Waals surface area (Å²) in [7, 11) is 6.58. The van der Waals surface area contributed by atoms with Crippen molar-refractivity contribution in [2.24, 2.45) is 5.92 Å². The average Bonchev–Trinajstić information content (AvgIpc) is 3.14. The summed E-state index contributed by atoms with van der Waals surface area (Å²) in [5.41, 5.74) is 3.46. The van der Waals surface area contributed by atoms with Gasteiger partial charge in [-0.2, -0.15) is 5.26 Å². The molecule has 0 saturated carbocycles. The van der Waals surface area contributed by atoms with Crippen LogP contribution in [0.15, 0.2) is 66.9 Å². The van der Waals surface area contributed by atoms with E-state index in [0.29, 0.717) is 16.5 Å². The van der Waals surface area contributed by atoms with Crippen molar-refractivity contribution in [1.82, 2.24) is 15.2 Å². The molecular weight excluding hydrogens is 650 g/mol. The lowest BCUT2D eigenvalue weighted by atomic mass is 9.69. The Bertz CT molecular complexity index is 1710. The van der Waals surface area contributed by atoms with Crippen molar-refractivity contribution in [3.8, 4) is 29.1 Å². The van der Waals surface area contributed by atoms with Crippen molar-refractivity contribution in [2.75, 3.05) is 73.0 Å². The molecule has 0 aliphatic heterocycles. The number of anilines is 1. The molecule has 0 radical (unpaired) electrons. The Balaban J connectivity index is 1.36. The number of aromatic nitrogens is 1. The fourth-order valence-corrected chi connectivity index (χ4v) is 6.61. The molecule has 1 unspecified atom stereocenters. The first kappa shape index (κ1) is 38.6. The first-order chi connectivity index (χ1) is 24.3. The number of nitriles is 1. The summed E-state index contributed by atoms with van der Waals surface area (Å²) in [6.45, 7) is 9.52. The van der Waals surface area contributed by atoms with Gasteiger partial charge in [-0.15, -0.1) is 0 Å². The first-order valence-electron chi connectivity index (χ1n) is 17.3. The first-order valence-corrected chi connectivity index (χ1v) is 17.7. The number of nitrogens with zero attached hydrogens (tertiary/aromatic N) is 3. The average molecular weight is 702 g/mol. The molecular formula is C40H52ClN5O4. The van der Waals surface area contributed by atoms with Gasteiger partial charge in [-0.25, -0.2) is 0 Å². The highest BCUT2D eigenvalue weighted by Gasteiger charge is 2.36. The summed E-state index contributed by atoms with van der Waals surface area (Å²) >= 11 is 6.15. The maximum absolute atomic E-state index is 10.6. The maximum Gasteiger partial charge on any atom is 0.161 e. The van der Waals surface area contributed by atoms with Crippen LogP contribution in [0.25, 0.3) is 10.9 Å². The monoisotopic (exact) mass is 701 g/mol. The lowest BCUT2D eigenvalue weighted by Gasteiger charge is -2.33. The van der Waals surface area contributed by atoms with E-state index in [1.165, 1.54) is 5.56 Å². The number of benzene rings is 3. The van der Waals surface area contributed by atoms with Crippen molar-refractivity contribution in [3.05, 3.63) is 83.0 Å². The number of hydrogen-bond donors (Lipinski definition) is 2. The van der Waals surface area contributed by atoms with Crippen molar-refractivity contribution in [3.63, 3.8) is 0 Å². The van der Waals surface area contributed by atoms with Crippen LogP contribution in [0.3, 0.4) is 0 Å². The van der Waals surface area contributed by atoms with Crippen LogP contribution in [0.2, 0.25) is 5.02 Å². The van der Waals surface area contributed by atoms with Crippen LogP contribution in [0.5, 0.6) is 23.0 Å². The molecule has 1 heterocycles. The van der Waals surface area contributed by atoms with E-state index in [2.05, 4.69) is 52.6 Å². The highest BCUT2D eigenvalue weighted by atomic mass is 35.5. The smallest absolute Gasteiger partial charge is 0.161 e. The Labute approximate surface area is 302 Å². The predicted octanol–water partition coefficient (Wildman–Crippen LogP) is 7.76. The summed E-state index contributed by atoms with van der Waals surface area (Å²) < 4.78 is 22.0. The second-order valence-corrected chi connectivity index (χ2v) is 13.2. The number of rotatable bonds is 21. The van der Waals surface area contributed by atoms with Crippen molar-refractivity contribution in [2.45, 2.75) is 44.9 Å². The van der Waals surface area contributed by atoms with Gasteiger partial charge in [0.1, 0.15) is 0 Å². The van der Waals surface area contributed by atoms with E-state index < -0.39 is 5.41 Å². The molecule has 2 N–H and O–H groups in total. The van der Waals surface area contributed by atoms with Gasteiger partial charge < -0.3 is 34.5 Å². The van der Waals surface area contributed by atoms with Gasteiger partial charge in [0.15, 0.2) is 23.0 Å². The van der Waals surface area contributed by atoms with E-state index in [1.54, 1.807) is 28.4 Å². The molecule has 9 nitrogen and oxygen atoms in total. The number of pyridine rings is 1. The summed E-state index contributed by atoms with van der Waals surface area (Å²) in [6, 6.07) is 22.5. The number of ether oxygens (including phenoxy) is 4. The molecule has 268 valence electrons. The minimum atomic E-state index is -0.647. The van der Waals surface area contributed by atoms with Gasteiger partial charge in [-0.3, -0.25) is 4.98 Å². The van der Waals surface area contributed by atoms with Crippen molar-refractivity contribution in [1.29, 1.82) is 5.26 Å². The highest BCUT2D eigenvalue weighted by Crippen LogP contribution is 2.40. The molecule has 4 aromatic rings. The Morgan fingerprint density at radius 1 is 0.800 bits per heavy atom. The number of halogens is 1. The Hall–Kier alpha value is -4.23. The fourth-order valence-electron chi connectivity index (χ4n) is 6.44. The Morgan fingerprint density at radius 2 is 1.52 bits per heavy atom. The van der Waals surface area contributed by atoms with E-state index >= 15 is 0 Å². The van der Waals surface area contributed by atoms with Gasteiger partial charge in [0.2, 0.25) is 0 Å². The quantitative estimate of drug-likeness (QED) is 0.0845. The molecule has 0 bridgehead atoms. The topological polar surface area (TPSA) is 101 Å². The van der Waals surface area contributed by atoms with Gasteiger partial charge in [-0.05, 0) is 104 Å². The molecule has 4 rings (SSSR count). The molecule has 0 spiro atoms. The normalized spacial score (nSPS) is 12.5. The van der Waals surface area contributed by atoms with Gasteiger partial charge >= 0.3 is 0 Å². The number of methoxy groups -OCH3 is 4. The van der Waals surface area contributed by atoms with Crippen LogP contribution < -0.4 is 29.6 Å². The summed E-state index contributed by atoms with van der Waals surface area (Å²) in [4.78, 5) is 6.93. The Kier molecular flexibility index (Phi) is 14.8. The van der Waals surface area contributed by atoms with E-state index in [1.807, 2.05) is 54.7 Å². The van der Waals surface area contributed by atoms with E-state index in [0.717, 1.165) is 98.6 Å². The SMILES string of the molecule is COc1ccc(CCN(CCCC(C#N)(c2ccc(OC)c(OC)c2)C(C)C)CCNCCCNc2ccnc3cc(Cl)ccc23)cc1OC. The van der Waals surface area contributed by atoms with Crippen LogP contribution >= 0.6 is 11.6 Å². The number of hydrogen-bond acceptors (Lipinski definition) is 9. The fraction of sp³-hybridized carbons (Fsp3) is 0.450. The van der Waals surface area contributed by atoms with Gasteiger partial charge in [-0.1, -0.05) is 37.6 Å². The molecule has 1 atom stereocenters. The molecule has 1 aromatic heterocycles. The largest absolute Gasteiger partial charge is 0.493 e. The van der Waals surface area contributed by atoms with Crippen LogP contribution in [0.4, 0.5) is 5.69 Å². The molecule has 0 saturated heterocycles. The van der Waals surface area contributed by atoms with Crippen LogP contribution in [-0.4, -0.2) is 77.6 Å². The third-order valence-corrected chi connectivity index (χ3v) is 9.68. The number of fused-ring (bicyclic) bond motifs is 1. The predicted molar refractivity (Wildman–Crippen MR) is 203 cm³/mol. The summed E-state index contributed by atoms with van der Waals surface area (Å²) in [6.07, 6.45) is 5.27. The van der Waals surface area contributed by atoms with Crippen molar-refractivity contribution < 1.29 is 18.9 Å². The zero-order chi connectivity index (χ0) is 35.9. The lowest BCUT2D eigenvalue weighted by Crippen LogP contribution is -2.37. The van der Waals surface area contributed by atoms with E-state index in [4.69, 9.17) is 30.5 Å². The van der Waals surface area contributed by atoms with Gasteiger partial charge in [0, 0.05) is 48.5 Å². The Morgan fingerprint density at radius 3 is 2.22 bits per heavy atom. The second kappa shape index (κ2) is 19.2. The minimum Gasteiger partial charge on any atom is -0.493 e. The maximum atomic E-state index is 10.6. The lowest BCUT2D eigenvalue weighted by molar-refractivity contribution is 0.253. The van der Waals surface area contributed by atoms with E-state index in [-0.39, 0.29) is 5.92 Å². The zero-order valence-electron chi connectivity index (χ0n) is 30.4. The van der Waals surface area contributed by atoms with Crippen LogP contribution in [-0.2, 0) is 11.8 Å². The molecule has 10 heteroatoms. The molecule has 50 heavy (non-hydrogen) atoms. The van der Waals surface area contributed by atoms with Crippen molar-refractivity contribution >= 4 is 28.2 Å². The van der Waals surface area contributed by atoms with Crippen LogP contribution in [0.1, 0.15) is 44.2 Å². The van der Waals surface area contributed by atoms with E-state index in [9.17, 15) is 5.26 Å². The standard InChI is InChI=1S/C40H52ClN5O4/c1-29(2)40(28-42,31-10-14-37(48-4)39(26-31)50-6)17-7-22-46(23-16-30-9-13-36(47-3)38(25-30)49-5)24-21-43-18-8-19-44-34-15-20-45-35-27-32(41)11-12-33(34)35/h9-15,20,25-27,29,43H,7-8,16-19,21-24H2,1-6H3,(H,44,45). The second-order valence-electron chi connectivity index (χ2n) is 12.7. The van der Waals surface area contributed by atoms with Gasteiger partial charge in [0.25, 0.3) is 0 Å². The molecule has 3 aromatic carbocycles. The summed E-state index contributed by atoms with van der Waals surface area (Å²) in [5.74, 6) is 2.88. The molecule has 0 aliphatic carbocycles. The molecule has 0 fully saturated rings. The van der Waals surface area contributed by atoms with Crippen LogP contribution in [0, 0.1) is 17.2 Å². The number of nitrogens with one attached hydrogen (secondary N) is 2. The van der Waals surface area contributed by atoms with Gasteiger partial charge in [0.05, 0.1) is 45.4 Å². The highest BCUT2D eigenvalue weighted by molar-refractivity contribution is 6.31. The minimum absolute atomic E-state index is 0.115. The molecule has 0 aliphatic rings. The molecule has 0 amide bonds.